The van der Waals surface area contributed by atoms with Gasteiger partial charge in [0.2, 0.25) is 0 Å². The van der Waals surface area contributed by atoms with E-state index in [0.29, 0.717) is 0 Å². The maximum absolute atomic E-state index is 2.43. The Morgan fingerprint density at radius 1 is 0.315 bits per heavy atom. The van der Waals surface area contributed by atoms with Crippen molar-refractivity contribution in [3.8, 4) is 44.5 Å². The summed E-state index contributed by atoms with van der Waals surface area (Å²) < 4.78 is 0. The molecule has 0 N–H and O–H groups in total. The van der Waals surface area contributed by atoms with E-state index in [1.807, 2.05) is 0 Å². The number of nitrogens with zero attached hydrogens (tertiary/aromatic N) is 1. The molecule has 1 heteroatoms. The van der Waals surface area contributed by atoms with Crippen LogP contribution in [0.25, 0.3) is 66.1 Å². The highest BCUT2D eigenvalue weighted by atomic mass is 15.1. The van der Waals surface area contributed by atoms with Gasteiger partial charge in [-0.15, -0.1) is 0 Å². The second kappa shape index (κ2) is 12.8. The van der Waals surface area contributed by atoms with Gasteiger partial charge < -0.3 is 4.90 Å². The average Bonchev–Trinajstić information content (AvgIpc) is 3.47. The van der Waals surface area contributed by atoms with Gasteiger partial charge in [0.1, 0.15) is 0 Å². The van der Waals surface area contributed by atoms with Gasteiger partial charge in [0, 0.05) is 22.5 Å². The molecule has 1 aliphatic rings. The number of benzene rings is 9. The molecule has 9 aromatic carbocycles. The Labute approximate surface area is 317 Å². The number of anilines is 3. The van der Waals surface area contributed by atoms with Crippen molar-refractivity contribution in [2.75, 3.05) is 4.90 Å². The molecule has 0 saturated heterocycles. The lowest BCUT2D eigenvalue weighted by Gasteiger charge is -2.29. The smallest absolute Gasteiger partial charge is 0.0468 e. The predicted molar refractivity (Wildman–Crippen MR) is 230 cm³/mol. The number of fused-ring (bicyclic) bond motifs is 6. The van der Waals surface area contributed by atoms with Crippen LogP contribution in [0.3, 0.4) is 0 Å². The fraction of sp³-hybridized carbons (Fsp3) is 0.0566. The van der Waals surface area contributed by atoms with Crippen LogP contribution in [0.2, 0.25) is 0 Å². The van der Waals surface area contributed by atoms with Crippen LogP contribution in [0.1, 0.15) is 25.0 Å². The van der Waals surface area contributed by atoms with Crippen molar-refractivity contribution in [2.24, 2.45) is 0 Å². The Morgan fingerprint density at radius 2 is 0.833 bits per heavy atom. The second-order valence-corrected chi connectivity index (χ2v) is 14.9. The molecule has 10 rings (SSSR count). The molecule has 54 heavy (non-hydrogen) atoms. The van der Waals surface area contributed by atoms with Crippen molar-refractivity contribution in [1.82, 2.24) is 0 Å². The van der Waals surface area contributed by atoms with Gasteiger partial charge >= 0.3 is 0 Å². The molecular formula is C53H39N. The summed E-state index contributed by atoms with van der Waals surface area (Å²) in [6.45, 7) is 4.72. The third kappa shape index (κ3) is 5.24. The molecule has 0 amide bonds. The molecule has 0 radical (unpaired) electrons. The van der Waals surface area contributed by atoms with Gasteiger partial charge in [0.05, 0.1) is 0 Å². The summed E-state index contributed by atoms with van der Waals surface area (Å²) in [7, 11) is 0. The lowest BCUT2D eigenvalue weighted by Crippen LogP contribution is -2.16. The molecule has 1 aliphatic carbocycles. The highest BCUT2D eigenvalue weighted by Gasteiger charge is 2.35. The first-order valence-corrected chi connectivity index (χ1v) is 18.8. The Balaban J connectivity index is 1.16. The molecule has 256 valence electrons. The van der Waals surface area contributed by atoms with E-state index in [9.17, 15) is 0 Å². The summed E-state index contributed by atoms with van der Waals surface area (Å²) in [6, 6.07) is 73.4. The monoisotopic (exact) mass is 689 g/mol. The Kier molecular flexibility index (Phi) is 7.56. The van der Waals surface area contributed by atoms with E-state index in [4.69, 9.17) is 0 Å². The molecule has 0 bridgehead atoms. The SMILES string of the molecule is CC1(C)c2ccccc2-c2ccc(N(c3ccc(-c4cc5ccccc5c5ccccc45)cc3)c3ccc(-c4ccccc4)c(-c4ccccc4)c3)cc21. The third-order valence-electron chi connectivity index (χ3n) is 11.5. The molecule has 9 aromatic rings. The van der Waals surface area contributed by atoms with E-state index in [2.05, 4.69) is 219 Å². The first kappa shape index (κ1) is 32.0. The summed E-state index contributed by atoms with van der Waals surface area (Å²) in [5.74, 6) is 0. The molecule has 0 heterocycles. The third-order valence-corrected chi connectivity index (χ3v) is 11.5. The molecule has 0 unspecified atom stereocenters. The second-order valence-electron chi connectivity index (χ2n) is 14.9. The van der Waals surface area contributed by atoms with E-state index < -0.39 is 0 Å². The van der Waals surface area contributed by atoms with Crippen molar-refractivity contribution in [3.05, 3.63) is 211 Å². The zero-order valence-corrected chi connectivity index (χ0v) is 30.5. The summed E-state index contributed by atoms with van der Waals surface area (Å²) >= 11 is 0. The summed E-state index contributed by atoms with van der Waals surface area (Å²) in [6.07, 6.45) is 0. The number of hydrogen-bond acceptors (Lipinski definition) is 1. The standard InChI is InChI=1S/C53H39N/c1-53(2)51-24-14-13-23-47(51)48-32-30-42(35-52(48)53)54(41-29-31-44(36-15-5-3-6-16-36)50(34-41)37-17-7-4-8-18-37)40-27-25-38(26-28-40)49-33-39-19-9-10-20-43(39)45-21-11-12-22-46(45)49/h3-35H,1-2H3. The van der Waals surface area contributed by atoms with Gasteiger partial charge in [-0.1, -0.05) is 172 Å². The van der Waals surface area contributed by atoms with E-state index in [-0.39, 0.29) is 5.41 Å². The zero-order valence-electron chi connectivity index (χ0n) is 30.5. The Hall–Kier alpha value is -6.70. The first-order valence-electron chi connectivity index (χ1n) is 18.8. The van der Waals surface area contributed by atoms with Gasteiger partial charge in [-0.3, -0.25) is 0 Å². The van der Waals surface area contributed by atoms with Crippen LogP contribution in [0, 0.1) is 0 Å². The van der Waals surface area contributed by atoms with Crippen molar-refractivity contribution in [2.45, 2.75) is 19.3 Å². The average molecular weight is 690 g/mol. The van der Waals surface area contributed by atoms with Crippen LogP contribution in [0.15, 0.2) is 200 Å². The maximum atomic E-state index is 2.43. The minimum absolute atomic E-state index is 0.110. The molecule has 0 saturated carbocycles. The number of hydrogen-bond donors (Lipinski definition) is 0. The quantitative estimate of drug-likeness (QED) is 0.157. The van der Waals surface area contributed by atoms with Crippen LogP contribution in [0.5, 0.6) is 0 Å². The normalized spacial score (nSPS) is 12.8. The molecule has 0 spiro atoms. The predicted octanol–water partition coefficient (Wildman–Crippen LogP) is 14.8. The van der Waals surface area contributed by atoms with E-state index in [1.165, 1.54) is 77.2 Å². The molecule has 0 aliphatic heterocycles. The molecule has 0 aromatic heterocycles. The van der Waals surface area contributed by atoms with Gasteiger partial charge in [0.25, 0.3) is 0 Å². The Bertz CT molecular complexity index is 2830. The topological polar surface area (TPSA) is 3.24 Å². The fourth-order valence-electron chi connectivity index (χ4n) is 8.76. The highest BCUT2D eigenvalue weighted by Crippen LogP contribution is 2.51. The van der Waals surface area contributed by atoms with Crippen LogP contribution < -0.4 is 4.90 Å². The van der Waals surface area contributed by atoms with E-state index in [1.54, 1.807) is 0 Å². The van der Waals surface area contributed by atoms with E-state index >= 15 is 0 Å². The summed E-state index contributed by atoms with van der Waals surface area (Å²) in [4.78, 5) is 2.43. The zero-order chi connectivity index (χ0) is 36.2. The Morgan fingerprint density at radius 3 is 1.57 bits per heavy atom. The number of rotatable bonds is 6. The van der Waals surface area contributed by atoms with Crippen LogP contribution in [-0.4, -0.2) is 0 Å². The maximum Gasteiger partial charge on any atom is 0.0468 e. The molecule has 1 nitrogen and oxygen atoms in total. The lowest BCUT2D eigenvalue weighted by molar-refractivity contribution is 0.660. The van der Waals surface area contributed by atoms with Gasteiger partial charge in [-0.25, -0.2) is 0 Å². The van der Waals surface area contributed by atoms with Gasteiger partial charge in [-0.05, 0) is 120 Å². The van der Waals surface area contributed by atoms with Crippen molar-refractivity contribution < 1.29 is 0 Å². The lowest BCUT2D eigenvalue weighted by atomic mass is 9.82. The minimum Gasteiger partial charge on any atom is -0.310 e. The summed E-state index contributed by atoms with van der Waals surface area (Å²) in [5, 5.41) is 5.09. The van der Waals surface area contributed by atoms with Crippen LogP contribution >= 0.6 is 0 Å². The highest BCUT2D eigenvalue weighted by molar-refractivity contribution is 6.13. The molecule has 0 atom stereocenters. The minimum atomic E-state index is -0.110. The van der Waals surface area contributed by atoms with Crippen molar-refractivity contribution >= 4 is 38.6 Å². The van der Waals surface area contributed by atoms with Crippen LogP contribution in [0.4, 0.5) is 17.1 Å². The van der Waals surface area contributed by atoms with E-state index in [0.717, 1.165) is 17.1 Å². The van der Waals surface area contributed by atoms with Crippen molar-refractivity contribution in [1.29, 1.82) is 0 Å². The largest absolute Gasteiger partial charge is 0.310 e. The van der Waals surface area contributed by atoms with Crippen LogP contribution in [-0.2, 0) is 5.41 Å². The summed E-state index contributed by atoms with van der Waals surface area (Å²) in [5.41, 5.74) is 15.9. The first-order chi connectivity index (χ1) is 26.5. The molecular weight excluding hydrogens is 651 g/mol. The van der Waals surface area contributed by atoms with Crippen molar-refractivity contribution in [3.63, 3.8) is 0 Å². The van der Waals surface area contributed by atoms with Gasteiger partial charge in [-0.2, -0.15) is 0 Å². The fourth-order valence-corrected chi connectivity index (χ4v) is 8.76. The van der Waals surface area contributed by atoms with Gasteiger partial charge in [0.15, 0.2) is 0 Å². The molecule has 0 fully saturated rings.